The van der Waals surface area contributed by atoms with Gasteiger partial charge in [-0.1, -0.05) is 0 Å². The minimum atomic E-state index is -0.219. The Bertz CT molecular complexity index is 223. The molecule has 1 radical (unpaired) electrons. The summed E-state index contributed by atoms with van der Waals surface area (Å²) in [6, 6.07) is 4.03. The van der Waals surface area contributed by atoms with E-state index in [-0.39, 0.29) is 5.56 Å². The lowest BCUT2D eigenvalue weighted by molar-refractivity contribution is 1.18. The fourth-order valence-corrected chi connectivity index (χ4v) is 0.631. The van der Waals surface area contributed by atoms with E-state index >= 15 is 0 Å². The summed E-state index contributed by atoms with van der Waals surface area (Å²) in [4.78, 5) is 12.8. The Morgan fingerprint density at radius 3 is 3.00 bits per heavy atom. The minimum absolute atomic E-state index is 0.219. The Morgan fingerprint density at radius 2 is 2.56 bits per heavy atom. The van der Waals surface area contributed by atoms with Gasteiger partial charge in [-0.05, 0) is 11.6 Å². The van der Waals surface area contributed by atoms with Crippen LogP contribution >= 0.6 is 11.6 Å². The van der Waals surface area contributed by atoms with Crippen molar-refractivity contribution in [2.24, 2.45) is 0 Å². The van der Waals surface area contributed by atoms with E-state index < -0.39 is 0 Å². The Balaban J connectivity index is 3.02. The van der Waals surface area contributed by atoms with Crippen molar-refractivity contribution in [2.75, 3.05) is 0 Å². The number of hydrogen-bond donors (Lipinski definition) is 1. The zero-order valence-corrected chi connectivity index (χ0v) is 5.40. The summed E-state index contributed by atoms with van der Waals surface area (Å²) in [5, 5.41) is 0. The van der Waals surface area contributed by atoms with Crippen LogP contribution in [0.25, 0.3) is 0 Å². The third kappa shape index (κ3) is 1.57. The Kier molecular flexibility index (Phi) is 1.90. The first-order chi connectivity index (χ1) is 4.33. The zero-order chi connectivity index (χ0) is 6.69. The number of aromatic nitrogens is 1. The summed E-state index contributed by atoms with van der Waals surface area (Å²) in [5.74, 6) is 0.410. The van der Waals surface area contributed by atoms with Crippen molar-refractivity contribution in [1.82, 2.24) is 4.98 Å². The first kappa shape index (κ1) is 6.36. The van der Waals surface area contributed by atoms with Crippen LogP contribution in [0.1, 0.15) is 5.56 Å². The maximum Gasteiger partial charge on any atom is 0.256 e. The van der Waals surface area contributed by atoms with Gasteiger partial charge in [-0.3, -0.25) is 4.79 Å². The molecule has 0 fully saturated rings. The molecule has 0 bridgehead atoms. The van der Waals surface area contributed by atoms with Gasteiger partial charge in [0.15, 0.2) is 0 Å². The highest BCUT2D eigenvalue weighted by molar-refractivity contribution is 6.17. The van der Waals surface area contributed by atoms with Crippen LogP contribution in [0.3, 0.4) is 0 Å². The molecule has 0 aliphatic carbocycles. The second-order valence-corrected chi connectivity index (χ2v) is 1.88. The average molecular weight is 143 g/mol. The third-order valence-electron chi connectivity index (χ3n) is 0.932. The lowest BCUT2D eigenvalue weighted by Gasteiger charge is -1.88. The molecule has 0 aliphatic rings. The van der Waals surface area contributed by atoms with Gasteiger partial charge in [0, 0.05) is 12.1 Å². The second kappa shape index (κ2) is 2.69. The number of pyridine rings is 1. The molecule has 2 nitrogen and oxygen atoms in total. The SMILES string of the molecule is O=c1[c]cc(CCl)c[nH]1. The minimum Gasteiger partial charge on any atom is -0.328 e. The first-order valence-corrected chi connectivity index (χ1v) is 3.01. The number of alkyl halides is 1. The predicted molar refractivity (Wildman–Crippen MR) is 35.5 cm³/mol. The topological polar surface area (TPSA) is 32.9 Å². The van der Waals surface area contributed by atoms with Crippen LogP contribution in [0.5, 0.6) is 0 Å². The fourth-order valence-electron chi connectivity index (χ4n) is 0.477. The number of rotatable bonds is 1. The largest absolute Gasteiger partial charge is 0.328 e. The summed E-state index contributed by atoms with van der Waals surface area (Å²) < 4.78 is 0. The van der Waals surface area contributed by atoms with Gasteiger partial charge >= 0.3 is 0 Å². The van der Waals surface area contributed by atoms with Crippen LogP contribution in [-0.2, 0) is 5.88 Å². The molecule has 0 amide bonds. The van der Waals surface area contributed by atoms with Crippen molar-refractivity contribution in [3.05, 3.63) is 34.2 Å². The van der Waals surface area contributed by atoms with Crippen LogP contribution in [0.4, 0.5) is 0 Å². The van der Waals surface area contributed by atoms with Crippen molar-refractivity contribution in [3.8, 4) is 0 Å². The van der Waals surface area contributed by atoms with E-state index in [1.165, 1.54) is 0 Å². The zero-order valence-electron chi connectivity index (χ0n) is 4.65. The van der Waals surface area contributed by atoms with Crippen LogP contribution < -0.4 is 5.56 Å². The molecule has 9 heavy (non-hydrogen) atoms. The first-order valence-electron chi connectivity index (χ1n) is 2.48. The average Bonchev–Trinajstić information content (AvgIpc) is 1.90. The Hall–Kier alpha value is -0.760. The van der Waals surface area contributed by atoms with E-state index in [1.807, 2.05) is 0 Å². The van der Waals surface area contributed by atoms with Gasteiger partial charge in [-0.15, -0.1) is 11.6 Å². The van der Waals surface area contributed by atoms with Gasteiger partial charge in [0.05, 0.1) is 6.07 Å². The van der Waals surface area contributed by atoms with Crippen molar-refractivity contribution < 1.29 is 0 Å². The van der Waals surface area contributed by atoms with Gasteiger partial charge < -0.3 is 4.98 Å². The van der Waals surface area contributed by atoms with Crippen molar-refractivity contribution in [2.45, 2.75) is 5.88 Å². The summed E-state index contributed by atoms with van der Waals surface area (Å²) in [6.07, 6.45) is 1.58. The maximum atomic E-state index is 10.4. The Morgan fingerprint density at radius 1 is 1.78 bits per heavy atom. The molecule has 0 spiro atoms. The molecule has 0 aromatic carbocycles. The van der Waals surface area contributed by atoms with Gasteiger partial charge in [0.25, 0.3) is 5.56 Å². The number of halogens is 1. The summed E-state index contributed by atoms with van der Waals surface area (Å²) >= 11 is 5.44. The van der Waals surface area contributed by atoms with Crippen LogP contribution in [0.2, 0.25) is 0 Å². The molecule has 0 aliphatic heterocycles. The summed E-state index contributed by atoms with van der Waals surface area (Å²) in [6.45, 7) is 0. The molecule has 1 aromatic rings. The highest BCUT2D eigenvalue weighted by Crippen LogP contribution is 1.95. The normalized spacial score (nSPS) is 9.44. The van der Waals surface area contributed by atoms with Gasteiger partial charge in [-0.2, -0.15) is 0 Å². The molecule has 0 saturated heterocycles. The number of H-pyrrole nitrogens is 1. The molecular formula is C6H5ClNO. The lowest BCUT2D eigenvalue weighted by Crippen LogP contribution is -2.02. The van der Waals surface area contributed by atoms with Gasteiger partial charge in [0.2, 0.25) is 0 Å². The molecule has 1 N–H and O–H groups in total. The molecule has 47 valence electrons. The van der Waals surface area contributed by atoms with Gasteiger partial charge in [-0.25, -0.2) is 0 Å². The number of aromatic amines is 1. The molecule has 0 unspecified atom stereocenters. The summed E-state index contributed by atoms with van der Waals surface area (Å²) in [7, 11) is 0. The molecular weight excluding hydrogens is 138 g/mol. The number of hydrogen-bond acceptors (Lipinski definition) is 1. The van der Waals surface area contributed by atoms with Crippen molar-refractivity contribution >= 4 is 11.6 Å². The second-order valence-electron chi connectivity index (χ2n) is 1.62. The number of nitrogens with one attached hydrogen (secondary N) is 1. The smallest absolute Gasteiger partial charge is 0.256 e. The van der Waals surface area contributed by atoms with Crippen LogP contribution in [-0.4, -0.2) is 4.98 Å². The Labute approximate surface area is 57.5 Å². The molecule has 3 heteroatoms. The van der Waals surface area contributed by atoms with E-state index in [0.29, 0.717) is 5.88 Å². The van der Waals surface area contributed by atoms with Crippen LogP contribution in [0, 0.1) is 6.07 Å². The molecule has 1 heterocycles. The van der Waals surface area contributed by atoms with E-state index in [1.54, 1.807) is 12.3 Å². The van der Waals surface area contributed by atoms with Gasteiger partial charge in [0.1, 0.15) is 0 Å². The molecule has 0 atom stereocenters. The lowest BCUT2D eigenvalue weighted by atomic mass is 10.3. The standard InChI is InChI=1S/C6H5ClNO/c7-3-5-1-2-6(9)8-4-5/h1,4H,3H2,(H,8,9). The van der Waals surface area contributed by atoms with E-state index in [2.05, 4.69) is 11.1 Å². The predicted octanol–water partition coefficient (Wildman–Crippen LogP) is 0.914. The van der Waals surface area contributed by atoms with Crippen LogP contribution in [0.15, 0.2) is 17.1 Å². The van der Waals surface area contributed by atoms with E-state index in [0.717, 1.165) is 5.56 Å². The summed E-state index contributed by atoms with van der Waals surface area (Å²) in [5.41, 5.74) is 0.653. The third-order valence-corrected chi connectivity index (χ3v) is 1.24. The maximum absolute atomic E-state index is 10.4. The highest BCUT2D eigenvalue weighted by Gasteiger charge is 1.86. The van der Waals surface area contributed by atoms with Crippen molar-refractivity contribution in [3.63, 3.8) is 0 Å². The highest BCUT2D eigenvalue weighted by atomic mass is 35.5. The van der Waals surface area contributed by atoms with E-state index in [4.69, 9.17) is 11.6 Å². The fraction of sp³-hybridized carbons (Fsp3) is 0.167. The molecule has 0 saturated carbocycles. The van der Waals surface area contributed by atoms with E-state index in [9.17, 15) is 4.79 Å². The quantitative estimate of drug-likeness (QED) is 0.581. The molecule has 1 aromatic heterocycles. The molecule has 1 rings (SSSR count). The monoisotopic (exact) mass is 142 g/mol. The van der Waals surface area contributed by atoms with Crippen molar-refractivity contribution in [1.29, 1.82) is 0 Å².